The summed E-state index contributed by atoms with van der Waals surface area (Å²) in [5, 5.41) is 2.72. The molecule has 1 atom stereocenters. The summed E-state index contributed by atoms with van der Waals surface area (Å²) in [5.74, 6) is -0.839. The van der Waals surface area contributed by atoms with Gasteiger partial charge in [-0.1, -0.05) is 42.5 Å². The third-order valence-corrected chi connectivity index (χ3v) is 4.02. The normalized spacial score (nSPS) is 11.6. The van der Waals surface area contributed by atoms with E-state index in [2.05, 4.69) is 15.3 Å². The van der Waals surface area contributed by atoms with E-state index in [0.717, 1.165) is 16.8 Å². The Balaban J connectivity index is 1.71. The number of nitrogens with one attached hydrogen (secondary N) is 2. The molecule has 1 aromatic heterocycles. The lowest BCUT2D eigenvalue weighted by atomic mass is 10.0. The van der Waals surface area contributed by atoms with Crippen LogP contribution in [0.1, 0.15) is 16.1 Å². The van der Waals surface area contributed by atoms with Crippen LogP contribution in [0.15, 0.2) is 67.1 Å². The number of carbonyl (C=O) groups excluding carboxylic acids is 2. The van der Waals surface area contributed by atoms with Crippen molar-refractivity contribution in [3.05, 3.63) is 78.4 Å². The highest BCUT2D eigenvalue weighted by Crippen LogP contribution is 2.19. The highest BCUT2D eigenvalue weighted by Gasteiger charge is 2.23. The maximum Gasteiger partial charge on any atom is 0.328 e. The second-order valence-electron chi connectivity index (χ2n) is 5.77. The van der Waals surface area contributed by atoms with Gasteiger partial charge in [0.2, 0.25) is 0 Å². The fourth-order valence-corrected chi connectivity index (χ4v) is 2.64. The predicted octanol–water partition coefficient (Wildman–Crippen LogP) is 2.59. The number of benzene rings is 2. The van der Waals surface area contributed by atoms with Crippen LogP contribution >= 0.6 is 0 Å². The molecule has 0 radical (unpaired) electrons. The van der Waals surface area contributed by atoms with Gasteiger partial charge in [-0.15, -0.1) is 0 Å². The van der Waals surface area contributed by atoms with Crippen molar-refractivity contribution in [2.75, 3.05) is 7.11 Å². The number of nitrogens with zero attached hydrogens (tertiary/aromatic N) is 1. The average molecular weight is 349 g/mol. The molecule has 0 aliphatic rings. The van der Waals surface area contributed by atoms with Gasteiger partial charge in [0.05, 0.1) is 13.4 Å². The van der Waals surface area contributed by atoms with Crippen molar-refractivity contribution in [2.24, 2.45) is 0 Å². The summed E-state index contributed by atoms with van der Waals surface area (Å²) >= 11 is 0. The molecule has 2 aromatic carbocycles. The van der Waals surface area contributed by atoms with Crippen LogP contribution in [0.2, 0.25) is 0 Å². The molecular formula is C20H19N3O3. The molecule has 26 heavy (non-hydrogen) atoms. The second kappa shape index (κ2) is 8.11. The number of hydrogen-bond donors (Lipinski definition) is 2. The monoisotopic (exact) mass is 349 g/mol. The Hall–Kier alpha value is -3.41. The highest BCUT2D eigenvalue weighted by molar-refractivity contribution is 5.97. The van der Waals surface area contributed by atoms with Crippen LogP contribution in [0.3, 0.4) is 0 Å². The van der Waals surface area contributed by atoms with Crippen molar-refractivity contribution in [3.8, 4) is 11.1 Å². The molecule has 3 aromatic rings. The topological polar surface area (TPSA) is 84.1 Å². The summed E-state index contributed by atoms with van der Waals surface area (Å²) in [6.07, 6.45) is 3.41. The number of methoxy groups -OCH3 is 1. The Bertz CT molecular complexity index is 859. The zero-order valence-corrected chi connectivity index (χ0v) is 14.3. The van der Waals surface area contributed by atoms with Crippen LogP contribution in [0.5, 0.6) is 0 Å². The first-order valence-corrected chi connectivity index (χ1v) is 8.19. The van der Waals surface area contributed by atoms with Crippen LogP contribution in [-0.2, 0) is 16.0 Å². The lowest BCUT2D eigenvalue weighted by Crippen LogP contribution is -2.43. The van der Waals surface area contributed by atoms with Crippen LogP contribution in [0, 0.1) is 0 Å². The number of aromatic nitrogens is 2. The molecule has 6 nitrogen and oxygen atoms in total. The maximum atomic E-state index is 12.5. The summed E-state index contributed by atoms with van der Waals surface area (Å²) in [4.78, 5) is 31.3. The molecule has 6 heteroatoms. The molecule has 3 rings (SSSR count). The number of imidazole rings is 1. The molecule has 0 bridgehead atoms. The number of carbonyl (C=O) groups is 2. The summed E-state index contributed by atoms with van der Waals surface area (Å²) in [5.41, 5.74) is 3.30. The zero-order chi connectivity index (χ0) is 18.4. The number of aromatic amines is 1. The molecule has 0 aliphatic carbocycles. The Morgan fingerprint density at radius 2 is 1.77 bits per heavy atom. The average Bonchev–Trinajstić information content (AvgIpc) is 3.20. The highest BCUT2D eigenvalue weighted by atomic mass is 16.5. The fraction of sp³-hybridized carbons (Fsp3) is 0.150. The van der Waals surface area contributed by atoms with Crippen LogP contribution in [0.25, 0.3) is 11.1 Å². The quantitative estimate of drug-likeness (QED) is 0.670. The van der Waals surface area contributed by atoms with Gasteiger partial charge in [0.25, 0.3) is 5.91 Å². The van der Waals surface area contributed by atoms with Gasteiger partial charge < -0.3 is 15.0 Å². The summed E-state index contributed by atoms with van der Waals surface area (Å²) in [6, 6.07) is 16.3. The van der Waals surface area contributed by atoms with Gasteiger partial charge in [0.1, 0.15) is 6.04 Å². The van der Waals surface area contributed by atoms with E-state index in [1.165, 1.54) is 13.4 Å². The van der Waals surface area contributed by atoms with Gasteiger partial charge >= 0.3 is 5.97 Å². The van der Waals surface area contributed by atoms with Crippen molar-refractivity contribution in [2.45, 2.75) is 12.5 Å². The molecule has 0 spiro atoms. The molecule has 0 saturated heterocycles. The molecule has 132 valence electrons. The summed E-state index contributed by atoms with van der Waals surface area (Å²) in [6.45, 7) is 0. The SMILES string of the molecule is COC(=O)[C@@H](Cc1cnc[nH]1)NC(=O)c1ccc(-c2ccccc2)cc1. The first-order valence-electron chi connectivity index (χ1n) is 8.19. The Labute approximate surface area is 151 Å². The number of esters is 1. The molecular weight excluding hydrogens is 330 g/mol. The van der Waals surface area contributed by atoms with Crippen LogP contribution in [-0.4, -0.2) is 35.0 Å². The molecule has 1 heterocycles. The van der Waals surface area contributed by atoms with E-state index in [-0.39, 0.29) is 12.3 Å². The minimum absolute atomic E-state index is 0.278. The molecule has 0 fully saturated rings. The number of hydrogen-bond acceptors (Lipinski definition) is 4. The Morgan fingerprint density at radius 3 is 2.38 bits per heavy atom. The number of rotatable bonds is 6. The van der Waals surface area contributed by atoms with Crippen molar-refractivity contribution < 1.29 is 14.3 Å². The summed E-state index contributed by atoms with van der Waals surface area (Å²) < 4.78 is 4.79. The standard InChI is InChI=1S/C20H19N3O3/c1-26-20(25)18(11-17-12-21-13-22-17)23-19(24)16-9-7-15(8-10-16)14-5-3-2-4-6-14/h2-10,12-13,18H,11H2,1H3,(H,21,22)(H,23,24)/t18-/m1/s1. The Kier molecular flexibility index (Phi) is 5.43. The van der Waals surface area contributed by atoms with Gasteiger partial charge in [-0.2, -0.15) is 0 Å². The first kappa shape index (κ1) is 17.4. The minimum Gasteiger partial charge on any atom is -0.467 e. The predicted molar refractivity (Wildman–Crippen MR) is 97.4 cm³/mol. The van der Waals surface area contributed by atoms with E-state index in [1.807, 2.05) is 42.5 Å². The van der Waals surface area contributed by atoms with Gasteiger partial charge in [-0.3, -0.25) is 4.79 Å². The lowest BCUT2D eigenvalue weighted by Gasteiger charge is -2.16. The third-order valence-electron chi connectivity index (χ3n) is 4.02. The number of ether oxygens (including phenoxy) is 1. The van der Waals surface area contributed by atoms with Gasteiger partial charge in [0.15, 0.2) is 0 Å². The van der Waals surface area contributed by atoms with E-state index in [9.17, 15) is 9.59 Å². The largest absolute Gasteiger partial charge is 0.467 e. The van der Waals surface area contributed by atoms with E-state index >= 15 is 0 Å². The summed E-state index contributed by atoms with van der Waals surface area (Å²) in [7, 11) is 1.29. The molecule has 2 N–H and O–H groups in total. The number of H-pyrrole nitrogens is 1. The van der Waals surface area contributed by atoms with Crippen LogP contribution in [0.4, 0.5) is 0 Å². The van der Waals surface area contributed by atoms with Gasteiger partial charge in [-0.05, 0) is 23.3 Å². The third kappa shape index (κ3) is 4.16. The zero-order valence-electron chi connectivity index (χ0n) is 14.3. The maximum absolute atomic E-state index is 12.5. The van der Waals surface area contributed by atoms with Crippen molar-refractivity contribution in [3.63, 3.8) is 0 Å². The van der Waals surface area contributed by atoms with Gasteiger partial charge in [0, 0.05) is 23.9 Å². The fourth-order valence-electron chi connectivity index (χ4n) is 2.64. The molecule has 0 saturated carbocycles. The van der Waals surface area contributed by atoms with E-state index in [1.54, 1.807) is 18.3 Å². The van der Waals surface area contributed by atoms with E-state index < -0.39 is 12.0 Å². The molecule has 0 aliphatic heterocycles. The smallest absolute Gasteiger partial charge is 0.328 e. The van der Waals surface area contributed by atoms with Crippen molar-refractivity contribution in [1.82, 2.24) is 15.3 Å². The van der Waals surface area contributed by atoms with E-state index in [0.29, 0.717) is 5.56 Å². The van der Waals surface area contributed by atoms with E-state index in [4.69, 9.17) is 4.74 Å². The molecule has 0 unspecified atom stereocenters. The lowest BCUT2D eigenvalue weighted by molar-refractivity contribution is -0.142. The minimum atomic E-state index is -0.790. The van der Waals surface area contributed by atoms with Gasteiger partial charge in [-0.25, -0.2) is 9.78 Å². The van der Waals surface area contributed by atoms with Crippen LogP contribution < -0.4 is 5.32 Å². The first-order chi connectivity index (χ1) is 12.7. The van der Waals surface area contributed by atoms with Crippen molar-refractivity contribution >= 4 is 11.9 Å². The van der Waals surface area contributed by atoms with Crippen molar-refractivity contribution in [1.29, 1.82) is 0 Å². The molecule has 1 amide bonds. The Morgan fingerprint density at radius 1 is 1.08 bits per heavy atom. The number of amides is 1. The second-order valence-corrected chi connectivity index (χ2v) is 5.77.